The highest BCUT2D eigenvalue weighted by Crippen LogP contribution is 2.17. The molecule has 23 heavy (non-hydrogen) atoms. The zero-order valence-corrected chi connectivity index (χ0v) is 13.8. The zero-order valence-electron chi connectivity index (χ0n) is 13.0. The van der Waals surface area contributed by atoms with Crippen molar-refractivity contribution in [2.24, 2.45) is 0 Å². The Morgan fingerprint density at radius 3 is 2.09 bits per heavy atom. The summed E-state index contributed by atoms with van der Waals surface area (Å²) in [5.74, 6) is -0.923. The fraction of sp³-hybridized carbons (Fsp3) is 0.500. The molecule has 2 N–H and O–H groups in total. The maximum absolute atomic E-state index is 12.2. The summed E-state index contributed by atoms with van der Waals surface area (Å²) in [6.07, 6.45) is -3.93. The lowest BCUT2D eigenvalue weighted by Gasteiger charge is -2.24. The van der Waals surface area contributed by atoms with Gasteiger partial charge >= 0.3 is 6.18 Å². The van der Waals surface area contributed by atoms with Crippen molar-refractivity contribution in [3.05, 3.63) is 29.8 Å². The van der Waals surface area contributed by atoms with Crippen molar-refractivity contribution in [3.8, 4) is 0 Å². The molecule has 0 aromatic heterocycles. The van der Waals surface area contributed by atoms with Crippen LogP contribution in [-0.2, 0) is 10.0 Å². The molecule has 0 radical (unpaired) electrons. The highest BCUT2D eigenvalue weighted by Gasteiger charge is 2.28. The van der Waals surface area contributed by atoms with E-state index in [1.807, 2.05) is 6.92 Å². The van der Waals surface area contributed by atoms with Gasteiger partial charge < -0.3 is 5.32 Å². The Labute approximate surface area is 133 Å². The van der Waals surface area contributed by atoms with Gasteiger partial charge in [0, 0.05) is 11.1 Å². The monoisotopic (exact) mass is 352 g/mol. The average molecular weight is 352 g/mol. The number of hydrogen-bond donors (Lipinski definition) is 2. The minimum absolute atomic E-state index is 0.0528. The summed E-state index contributed by atoms with van der Waals surface area (Å²) in [6.45, 7) is 3.84. The Morgan fingerprint density at radius 1 is 1.13 bits per heavy atom. The summed E-state index contributed by atoms with van der Waals surface area (Å²) >= 11 is 0. The second kappa shape index (κ2) is 6.88. The van der Waals surface area contributed by atoms with E-state index in [2.05, 4.69) is 4.72 Å². The number of carbonyl (C=O) groups is 1. The van der Waals surface area contributed by atoms with Gasteiger partial charge in [0.1, 0.15) is 6.54 Å². The smallest absolute Gasteiger partial charge is 0.343 e. The number of carbonyl (C=O) groups excluding carboxylic acids is 1. The highest BCUT2D eigenvalue weighted by molar-refractivity contribution is 7.89. The van der Waals surface area contributed by atoms with Gasteiger partial charge in [-0.2, -0.15) is 13.2 Å². The summed E-state index contributed by atoms with van der Waals surface area (Å²) in [4.78, 5) is 11.5. The first-order chi connectivity index (χ1) is 10.4. The van der Waals surface area contributed by atoms with Crippen LogP contribution in [0.15, 0.2) is 29.2 Å². The maximum atomic E-state index is 12.2. The van der Waals surface area contributed by atoms with Crippen LogP contribution in [0.4, 0.5) is 13.2 Å². The third-order valence-electron chi connectivity index (χ3n) is 3.17. The summed E-state index contributed by atoms with van der Waals surface area (Å²) in [5, 5.41) is 1.72. The van der Waals surface area contributed by atoms with Gasteiger partial charge in [-0.05, 0) is 44.5 Å². The second-order valence-electron chi connectivity index (χ2n) is 5.67. The van der Waals surface area contributed by atoms with Crippen molar-refractivity contribution in [1.82, 2.24) is 10.0 Å². The quantitative estimate of drug-likeness (QED) is 0.826. The topological polar surface area (TPSA) is 75.3 Å². The molecule has 1 aromatic rings. The van der Waals surface area contributed by atoms with Gasteiger partial charge in [0.15, 0.2) is 0 Å². The minimum Gasteiger partial charge on any atom is -0.343 e. The number of alkyl halides is 3. The molecule has 1 aromatic carbocycles. The molecule has 0 aliphatic rings. The maximum Gasteiger partial charge on any atom is 0.405 e. The molecule has 0 aliphatic heterocycles. The largest absolute Gasteiger partial charge is 0.405 e. The van der Waals surface area contributed by atoms with E-state index in [-0.39, 0.29) is 10.5 Å². The molecule has 0 spiro atoms. The summed E-state index contributed by atoms with van der Waals surface area (Å²) in [6, 6.07) is 4.69. The van der Waals surface area contributed by atoms with Crippen molar-refractivity contribution in [2.45, 2.75) is 43.8 Å². The molecule has 5 nitrogen and oxygen atoms in total. The lowest BCUT2D eigenvalue weighted by atomic mass is 10.0. The van der Waals surface area contributed by atoms with Crippen LogP contribution in [0.5, 0.6) is 0 Å². The molecule has 0 saturated carbocycles. The minimum atomic E-state index is -4.51. The summed E-state index contributed by atoms with van der Waals surface area (Å²) in [7, 11) is -3.77. The van der Waals surface area contributed by atoms with Crippen LogP contribution in [0.25, 0.3) is 0 Å². The van der Waals surface area contributed by atoms with E-state index in [0.29, 0.717) is 6.42 Å². The summed E-state index contributed by atoms with van der Waals surface area (Å²) in [5.41, 5.74) is -0.690. The fourth-order valence-corrected chi connectivity index (χ4v) is 3.05. The SMILES string of the molecule is CCC(C)(C)NS(=O)(=O)c1ccc(C(=O)NCC(F)(F)F)cc1. The lowest BCUT2D eigenvalue weighted by molar-refractivity contribution is -0.123. The Hall–Kier alpha value is -1.61. The number of benzene rings is 1. The number of rotatable bonds is 6. The second-order valence-corrected chi connectivity index (χ2v) is 7.35. The first-order valence-corrected chi connectivity index (χ1v) is 8.33. The predicted molar refractivity (Wildman–Crippen MR) is 79.5 cm³/mol. The highest BCUT2D eigenvalue weighted by atomic mass is 32.2. The van der Waals surface area contributed by atoms with E-state index in [1.54, 1.807) is 19.2 Å². The van der Waals surface area contributed by atoms with Gasteiger partial charge in [0.05, 0.1) is 4.90 Å². The van der Waals surface area contributed by atoms with E-state index in [4.69, 9.17) is 0 Å². The first-order valence-electron chi connectivity index (χ1n) is 6.85. The van der Waals surface area contributed by atoms with Crippen LogP contribution >= 0.6 is 0 Å². The third kappa shape index (κ3) is 6.19. The van der Waals surface area contributed by atoms with Crippen molar-refractivity contribution in [2.75, 3.05) is 6.54 Å². The third-order valence-corrected chi connectivity index (χ3v) is 4.88. The fourth-order valence-electron chi connectivity index (χ4n) is 1.56. The van der Waals surface area contributed by atoms with Crippen LogP contribution in [-0.4, -0.2) is 32.6 Å². The molecule has 0 bridgehead atoms. The Kier molecular flexibility index (Phi) is 5.81. The van der Waals surface area contributed by atoms with E-state index in [9.17, 15) is 26.4 Å². The van der Waals surface area contributed by atoms with E-state index in [0.717, 1.165) is 0 Å². The predicted octanol–water partition coefficient (Wildman–Crippen LogP) is 2.45. The number of amides is 1. The number of sulfonamides is 1. The van der Waals surface area contributed by atoms with Crippen LogP contribution in [0.1, 0.15) is 37.6 Å². The molecule has 0 saturated heterocycles. The van der Waals surface area contributed by atoms with Crippen LogP contribution in [0, 0.1) is 0 Å². The van der Waals surface area contributed by atoms with E-state index in [1.165, 1.54) is 24.3 Å². The van der Waals surface area contributed by atoms with Gasteiger partial charge in [-0.1, -0.05) is 6.92 Å². The van der Waals surface area contributed by atoms with Crippen molar-refractivity contribution in [1.29, 1.82) is 0 Å². The van der Waals surface area contributed by atoms with Crippen LogP contribution in [0.2, 0.25) is 0 Å². The Balaban J connectivity index is 2.86. The summed E-state index contributed by atoms with van der Waals surface area (Å²) < 4.78 is 63.0. The zero-order chi connectivity index (χ0) is 17.9. The molecule has 0 heterocycles. The molecule has 9 heteroatoms. The van der Waals surface area contributed by atoms with Gasteiger partial charge in [-0.3, -0.25) is 4.79 Å². The van der Waals surface area contributed by atoms with Gasteiger partial charge in [0.2, 0.25) is 10.0 Å². The van der Waals surface area contributed by atoms with Gasteiger partial charge in [0.25, 0.3) is 5.91 Å². The lowest BCUT2D eigenvalue weighted by Crippen LogP contribution is -2.42. The molecule has 0 unspecified atom stereocenters. The molecule has 130 valence electrons. The number of halogens is 3. The van der Waals surface area contributed by atoms with Crippen molar-refractivity contribution in [3.63, 3.8) is 0 Å². The molecular weight excluding hydrogens is 333 g/mol. The first kappa shape index (κ1) is 19.4. The molecular formula is C14H19F3N2O3S. The normalized spacial score (nSPS) is 13.0. The van der Waals surface area contributed by atoms with E-state index < -0.39 is 34.2 Å². The van der Waals surface area contributed by atoms with Crippen molar-refractivity contribution >= 4 is 15.9 Å². The number of nitrogens with one attached hydrogen (secondary N) is 2. The van der Waals surface area contributed by atoms with Crippen LogP contribution < -0.4 is 10.0 Å². The molecule has 0 aliphatic carbocycles. The standard InChI is InChI=1S/C14H19F3N2O3S/c1-4-13(2,3)19-23(21,22)11-7-5-10(6-8-11)12(20)18-9-14(15,16)17/h5-8,19H,4,9H2,1-3H3,(H,18,20). The van der Waals surface area contributed by atoms with Crippen molar-refractivity contribution < 1.29 is 26.4 Å². The Bertz CT molecular complexity index is 653. The van der Waals surface area contributed by atoms with Crippen LogP contribution in [0.3, 0.4) is 0 Å². The molecule has 0 atom stereocenters. The van der Waals surface area contributed by atoms with Gasteiger partial charge in [-0.15, -0.1) is 0 Å². The Morgan fingerprint density at radius 2 is 1.65 bits per heavy atom. The number of hydrogen-bond acceptors (Lipinski definition) is 3. The van der Waals surface area contributed by atoms with Gasteiger partial charge in [-0.25, -0.2) is 13.1 Å². The van der Waals surface area contributed by atoms with E-state index >= 15 is 0 Å². The molecule has 0 fully saturated rings. The average Bonchev–Trinajstić information content (AvgIpc) is 2.43. The molecule has 1 rings (SSSR count). The molecule has 1 amide bonds.